The summed E-state index contributed by atoms with van der Waals surface area (Å²) in [5.41, 5.74) is 4.25. The summed E-state index contributed by atoms with van der Waals surface area (Å²) in [6.45, 7) is 5.56. The fraction of sp³-hybridized carbons (Fsp3) is 0.0541. The number of benzene rings is 4. The predicted molar refractivity (Wildman–Crippen MR) is 191 cm³/mol. The van der Waals surface area contributed by atoms with Crippen LogP contribution in [0.5, 0.6) is 0 Å². The molecule has 0 fully saturated rings. The molecule has 4 aromatic carbocycles. The van der Waals surface area contributed by atoms with Crippen LogP contribution in [0.1, 0.15) is 23.3 Å². The van der Waals surface area contributed by atoms with Gasteiger partial charge in [0.1, 0.15) is 40.6 Å². The minimum absolute atomic E-state index is 0. The number of aldehydes is 1. The van der Waals surface area contributed by atoms with Crippen LogP contribution in [-0.2, 0) is 9.59 Å². The minimum Gasteiger partial charge on any atom is -0.477 e. The number of hydrogen-bond acceptors (Lipinski definition) is 6. The molecule has 48 heavy (non-hydrogen) atoms. The largest absolute Gasteiger partial charge is 0.477 e. The highest BCUT2D eigenvalue weighted by Crippen LogP contribution is 2.31. The van der Waals surface area contributed by atoms with E-state index in [9.17, 15) is 14.4 Å². The van der Waals surface area contributed by atoms with E-state index in [1.165, 1.54) is 6.08 Å². The second-order valence-electron chi connectivity index (χ2n) is 9.63. The monoisotopic (exact) mass is 768 g/mol. The number of nitriles is 1. The summed E-state index contributed by atoms with van der Waals surface area (Å²) in [6, 6.07) is 32.0. The molecule has 11 heteroatoms. The summed E-state index contributed by atoms with van der Waals surface area (Å²) in [4.78, 5) is 33.6. The first kappa shape index (κ1) is 36.7. The van der Waals surface area contributed by atoms with Gasteiger partial charge in [-0.2, -0.15) is 5.26 Å². The van der Waals surface area contributed by atoms with Gasteiger partial charge >= 0.3 is 18.5 Å². The molecule has 0 radical (unpaired) electrons. The van der Waals surface area contributed by atoms with Gasteiger partial charge in [-0.25, -0.2) is 16.2 Å². The van der Waals surface area contributed by atoms with Gasteiger partial charge in [-0.15, -0.1) is 0 Å². The molecule has 9 nitrogen and oxygen atoms in total. The van der Waals surface area contributed by atoms with Gasteiger partial charge in [0, 0.05) is 36.4 Å². The number of rotatable bonds is 6. The number of carboxylic acid groups (broad SMARTS) is 2. The van der Waals surface area contributed by atoms with Crippen LogP contribution >= 0.6 is 31.9 Å². The Balaban J connectivity index is 0.000000223. The Labute approximate surface area is 292 Å². The molecule has 0 saturated carbocycles. The van der Waals surface area contributed by atoms with Crippen LogP contribution in [-0.4, -0.2) is 35.0 Å². The van der Waals surface area contributed by atoms with E-state index in [2.05, 4.69) is 36.7 Å². The summed E-state index contributed by atoms with van der Waals surface area (Å²) in [5, 5.41) is 27.3. The maximum Gasteiger partial charge on any atom is 0.384 e. The third kappa shape index (κ3) is 9.87. The lowest BCUT2D eigenvalue weighted by Crippen LogP contribution is -1.97. The van der Waals surface area contributed by atoms with Crippen LogP contribution in [0.25, 0.3) is 55.5 Å². The fourth-order valence-corrected chi connectivity index (χ4v) is 4.68. The van der Waals surface area contributed by atoms with E-state index < -0.39 is 18.5 Å². The van der Waals surface area contributed by atoms with Crippen molar-refractivity contribution < 1.29 is 33.4 Å². The number of nitrogens with zero attached hydrogens (tertiary/aromatic N) is 2. The number of aliphatic carboxylic acids is 2. The molecule has 0 aliphatic heterocycles. The lowest BCUT2D eigenvalue weighted by Gasteiger charge is -1.96. The number of carboxylic acids is 2. The SMILES string of the molecule is C.N#CC(=Cc1ccc2cc(-c3ccc(Br)cc3)oc2c1)C(=O)O.O=Cc1ccc2cc(-c3ccc(Br)cc3)oc2c1.[C-]#[N+]CC(=O)O. The summed E-state index contributed by atoms with van der Waals surface area (Å²) in [6.07, 6.45) is 2.14. The molecule has 2 heterocycles. The second kappa shape index (κ2) is 17.2. The second-order valence-corrected chi connectivity index (χ2v) is 11.5. The topological polar surface area (TPSA) is 146 Å². The first-order chi connectivity index (χ1) is 22.6. The molecule has 2 aromatic heterocycles. The highest BCUT2D eigenvalue weighted by molar-refractivity contribution is 9.10. The van der Waals surface area contributed by atoms with Crippen molar-refractivity contribution in [3.63, 3.8) is 0 Å². The van der Waals surface area contributed by atoms with E-state index in [1.807, 2.05) is 72.8 Å². The minimum atomic E-state index is -1.25. The molecule has 0 amide bonds. The van der Waals surface area contributed by atoms with Crippen LogP contribution in [0.4, 0.5) is 0 Å². The number of hydrogen-bond donors (Lipinski definition) is 2. The van der Waals surface area contributed by atoms with E-state index in [-0.39, 0.29) is 13.0 Å². The molecule has 0 atom stereocenters. The van der Waals surface area contributed by atoms with Crippen molar-refractivity contribution in [2.75, 3.05) is 6.54 Å². The van der Waals surface area contributed by atoms with Crippen LogP contribution in [0.15, 0.2) is 120 Å². The van der Waals surface area contributed by atoms with Crippen molar-refractivity contribution in [2.45, 2.75) is 7.43 Å². The molecule has 2 N–H and O–H groups in total. The molecular weight excluding hydrogens is 744 g/mol. The van der Waals surface area contributed by atoms with E-state index in [4.69, 9.17) is 30.9 Å². The van der Waals surface area contributed by atoms with Gasteiger partial charge in [-0.1, -0.05) is 87.8 Å². The third-order valence-electron chi connectivity index (χ3n) is 6.36. The lowest BCUT2D eigenvalue weighted by molar-refractivity contribution is -0.135. The zero-order chi connectivity index (χ0) is 33.9. The summed E-state index contributed by atoms with van der Waals surface area (Å²) in [5.74, 6) is -0.777. The summed E-state index contributed by atoms with van der Waals surface area (Å²) >= 11 is 6.79. The van der Waals surface area contributed by atoms with Gasteiger partial charge in [0.2, 0.25) is 0 Å². The van der Waals surface area contributed by atoms with Gasteiger partial charge in [0.05, 0.1) is 0 Å². The van der Waals surface area contributed by atoms with Crippen molar-refractivity contribution in [3.8, 4) is 28.7 Å². The van der Waals surface area contributed by atoms with Crippen molar-refractivity contribution in [2.24, 2.45) is 0 Å². The van der Waals surface area contributed by atoms with Crippen LogP contribution in [0.3, 0.4) is 0 Å². The van der Waals surface area contributed by atoms with Crippen molar-refractivity contribution >= 4 is 78.1 Å². The Morgan fingerprint density at radius 1 is 0.771 bits per heavy atom. The maximum absolute atomic E-state index is 10.9. The first-order valence-corrected chi connectivity index (χ1v) is 15.1. The van der Waals surface area contributed by atoms with Gasteiger partial charge in [-0.05, 0) is 60.2 Å². The van der Waals surface area contributed by atoms with Crippen LogP contribution < -0.4 is 0 Å². The Bertz CT molecular complexity index is 2180. The predicted octanol–water partition coefficient (Wildman–Crippen LogP) is 10.2. The Kier molecular flexibility index (Phi) is 13.2. The lowest BCUT2D eigenvalue weighted by atomic mass is 10.1. The maximum atomic E-state index is 10.9. The van der Waals surface area contributed by atoms with Gasteiger partial charge < -0.3 is 23.9 Å². The quantitative estimate of drug-likeness (QED) is 0.0737. The number of carbonyl (C=O) groups is 3. The van der Waals surface area contributed by atoms with Crippen LogP contribution in [0, 0.1) is 17.9 Å². The number of fused-ring (bicyclic) bond motifs is 2. The van der Waals surface area contributed by atoms with Gasteiger partial charge in [0.25, 0.3) is 0 Å². The number of carbonyl (C=O) groups excluding carboxylic acids is 1. The first-order valence-electron chi connectivity index (χ1n) is 13.5. The smallest absolute Gasteiger partial charge is 0.384 e. The van der Waals surface area contributed by atoms with Crippen molar-refractivity contribution in [1.82, 2.24) is 0 Å². The molecule has 0 aliphatic rings. The Hall–Kier alpha value is -5.75. The molecule has 0 spiro atoms. The highest BCUT2D eigenvalue weighted by atomic mass is 79.9. The van der Waals surface area contributed by atoms with Gasteiger partial charge in [-0.3, -0.25) is 4.79 Å². The standard InChI is InChI=1S/C18H10BrNO3.C15H9BrO2.C3H3NO2.CH4/c19-15-5-3-12(4-6-15)17-9-13-2-1-11(8-16(13)23-17)7-14(10-20)18(21)22;16-13-5-3-11(4-6-13)15-8-12-2-1-10(9-17)7-14(12)18-15;1-4-2-3(5)6;/h1-9H,(H,21,22);1-9H;2H2,(H,5,6);1H4. The van der Waals surface area contributed by atoms with Crippen molar-refractivity contribution in [3.05, 3.63) is 134 Å². The molecular formula is C37H26Br2N2O7. The average molecular weight is 770 g/mol. The van der Waals surface area contributed by atoms with Crippen molar-refractivity contribution in [1.29, 1.82) is 5.26 Å². The highest BCUT2D eigenvalue weighted by Gasteiger charge is 2.10. The van der Waals surface area contributed by atoms with E-state index >= 15 is 0 Å². The molecule has 0 aliphatic carbocycles. The zero-order valence-corrected chi connectivity index (χ0v) is 27.4. The normalized spacial score (nSPS) is 10.3. The van der Waals surface area contributed by atoms with E-state index in [0.717, 1.165) is 54.2 Å². The third-order valence-corrected chi connectivity index (χ3v) is 7.42. The molecule has 0 unspecified atom stereocenters. The molecule has 6 aromatic rings. The fourth-order valence-electron chi connectivity index (χ4n) is 4.15. The van der Waals surface area contributed by atoms with E-state index in [1.54, 1.807) is 30.3 Å². The van der Waals surface area contributed by atoms with Gasteiger partial charge in [0.15, 0.2) is 0 Å². The molecule has 0 bridgehead atoms. The zero-order valence-electron chi connectivity index (χ0n) is 24.2. The molecule has 240 valence electrons. The Morgan fingerprint density at radius 2 is 1.23 bits per heavy atom. The van der Waals surface area contributed by atoms with E-state index in [0.29, 0.717) is 16.7 Å². The number of halogens is 2. The molecule has 0 saturated heterocycles. The molecule has 6 rings (SSSR count). The van der Waals surface area contributed by atoms with Crippen LogP contribution in [0.2, 0.25) is 0 Å². The average Bonchev–Trinajstić information content (AvgIpc) is 3.68. The number of furan rings is 2. The Morgan fingerprint density at radius 3 is 1.60 bits per heavy atom. The summed E-state index contributed by atoms with van der Waals surface area (Å²) < 4.78 is 13.6. The summed E-state index contributed by atoms with van der Waals surface area (Å²) in [7, 11) is 0.